The molecule has 1 aliphatic heterocycles. The summed E-state index contributed by atoms with van der Waals surface area (Å²) in [5.74, 6) is 0.152. The molecule has 0 spiro atoms. The molecule has 5 heteroatoms. The first-order valence-corrected chi connectivity index (χ1v) is 5.47. The van der Waals surface area contributed by atoms with Gasteiger partial charge in [0.1, 0.15) is 5.70 Å². The first-order chi connectivity index (χ1) is 8.44. The number of halogens is 2. The zero-order chi connectivity index (χ0) is 13.3. The number of hydrogen-bond donors (Lipinski definition) is 2. The number of anilines is 1. The van der Waals surface area contributed by atoms with Crippen molar-refractivity contribution < 1.29 is 13.5 Å². The summed E-state index contributed by atoms with van der Waals surface area (Å²) < 4.78 is 32.1. The van der Waals surface area contributed by atoms with Gasteiger partial charge >= 0.3 is 6.11 Å². The number of nitrogens with one attached hydrogen (secondary N) is 2. The van der Waals surface area contributed by atoms with Crippen molar-refractivity contribution in [2.45, 2.75) is 20.0 Å². The highest BCUT2D eigenvalue weighted by molar-refractivity contribution is 5.65. The standard InChI is InChI=1S/C13H14F2N2O/c1-4-16-7-12-13(14,15)18-11-6-9(3)8(2)5-10(11)17-12/h4-7,16-17H,1H2,2-3H3/b12-7-. The van der Waals surface area contributed by atoms with Gasteiger partial charge in [0, 0.05) is 6.20 Å². The van der Waals surface area contributed by atoms with Gasteiger partial charge in [0.05, 0.1) is 5.69 Å². The number of hydrogen-bond acceptors (Lipinski definition) is 3. The number of fused-ring (bicyclic) bond motifs is 1. The predicted octanol–water partition coefficient (Wildman–Crippen LogP) is 3.28. The molecule has 0 fully saturated rings. The van der Waals surface area contributed by atoms with Crippen LogP contribution in [0.15, 0.2) is 36.8 Å². The van der Waals surface area contributed by atoms with Crippen LogP contribution in [0.4, 0.5) is 14.5 Å². The Morgan fingerprint density at radius 2 is 2.00 bits per heavy atom. The molecule has 0 radical (unpaired) electrons. The maximum absolute atomic E-state index is 13.7. The topological polar surface area (TPSA) is 33.3 Å². The van der Waals surface area contributed by atoms with E-state index in [1.54, 1.807) is 12.1 Å². The van der Waals surface area contributed by atoms with Crippen LogP contribution in [0, 0.1) is 13.8 Å². The third-order valence-corrected chi connectivity index (χ3v) is 2.76. The highest BCUT2D eigenvalue weighted by Gasteiger charge is 2.42. The Balaban J connectivity index is 2.42. The van der Waals surface area contributed by atoms with Gasteiger partial charge in [-0.1, -0.05) is 6.58 Å². The van der Waals surface area contributed by atoms with Crippen molar-refractivity contribution in [3.63, 3.8) is 0 Å². The van der Waals surface area contributed by atoms with Crippen LogP contribution >= 0.6 is 0 Å². The normalized spacial score (nSPS) is 18.6. The number of alkyl halides is 2. The summed E-state index contributed by atoms with van der Waals surface area (Å²) in [7, 11) is 0. The smallest absolute Gasteiger partial charge is 0.426 e. The predicted molar refractivity (Wildman–Crippen MR) is 66.5 cm³/mol. The summed E-state index contributed by atoms with van der Waals surface area (Å²) in [5.41, 5.74) is 2.09. The van der Waals surface area contributed by atoms with Gasteiger partial charge in [0.2, 0.25) is 0 Å². The fourth-order valence-electron chi connectivity index (χ4n) is 1.65. The van der Waals surface area contributed by atoms with E-state index >= 15 is 0 Å². The third-order valence-electron chi connectivity index (χ3n) is 2.76. The molecular formula is C13H14F2N2O. The Kier molecular flexibility index (Phi) is 2.98. The minimum absolute atomic E-state index is 0.152. The first kappa shape index (κ1) is 12.4. The molecular weight excluding hydrogens is 238 g/mol. The molecule has 0 bridgehead atoms. The number of ether oxygens (including phenoxy) is 1. The molecule has 3 nitrogen and oxygen atoms in total. The van der Waals surface area contributed by atoms with Crippen molar-refractivity contribution in [2.24, 2.45) is 0 Å². The van der Waals surface area contributed by atoms with Gasteiger partial charge in [-0.2, -0.15) is 8.78 Å². The summed E-state index contributed by atoms with van der Waals surface area (Å²) in [6.45, 7) is 7.15. The molecule has 18 heavy (non-hydrogen) atoms. The maximum Gasteiger partial charge on any atom is 0.443 e. The summed E-state index contributed by atoms with van der Waals surface area (Å²) in [6.07, 6.45) is -0.948. The molecule has 96 valence electrons. The molecule has 0 aliphatic carbocycles. The summed E-state index contributed by atoms with van der Waals surface area (Å²) in [4.78, 5) is 0. The molecule has 1 heterocycles. The molecule has 1 aliphatic rings. The average Bonchev–Trinajstić information content (AvgIpc) is 2.28. The Hall–Kier alpha value is -2.04. The second kappa shape index (κ2) is 4.33. The molecule has 2 rings (SSSR count). The Morgan fingerprint density at radius 1 is 1.33 bits per heavy atom. The molecule has 0 unspecified atom stereocenters. The van der Waals surface area contributed by atoms with Gasteiger partial charge in [-0.15, -0.1) is 0 Å². The molecule has 1 aromatic carbocycles. The lowest BCUT2D eigenvalue weighted by Gasteiger charge is -2.29. The quantitative estimate of drug-likeness (QED) is 0.847. The molecule has 1 aromatic rings. The average molecular weight is 252 g/mol. The molecule has 0 saturated carbocycles. The van der Waals surface area contributed by atoms with Crippen molar-refractivity contribution in [2.75, 3.05) is 5.32 Å². The lowest BCUT2D eigenvalue weighted by Crippen LogP contribution is -2.36. The van der Waals surface area contributed by atoms with Crippen LogP contribution in [0.5, 0.6) is 5.75 Å². The number of rotatable bonds is 2. The van der Waals surface area contributed by atoms with E-state index in [0.29, 0.717) is 5.69 Å². The Labute approximate surface area is 104 Å². The molecule has 0 atom stereocenters. The molecule has 2 N–H and O–H groups in total. The van der Waals surface area contributed by atoms with Crippen molar-refractivity contribution in [3.05, 3.63) is 47.9 Å². The van der Waals surface area contributed by atoms with E-state index in [2.05, 4.69) is 17.2 Å². The molecule has 0 amide bonds. The Bertz CT molecular complexity index is 524. The lowest BCUT2D eigenvalue weighted by molar-refractivity contribution is -0.144. The van der Waals surface area contributed by atoms with Gasteiger partial charge in [-0.05, 0) is 43.3 Å². The molecule has 0 aromatic heterocycles. The second-order valence-electron chi connectivity index (χ2n) is 4.11. The van der Waals surface area contributed by atoms with Crippen LogP contribution in [0.3, 0.4) is 0 Å². The summed E-state index contributed by atoms with van der Waals surface area (Å²) in [6, 6.07) is 3.38. The summed E-state index contributed by atoms with van der Waals surface area (Å²) >= 11 is 0. The van der Waals surface area contributed by atoms with E-state index in [1.165, 1.54) is 6.20 Å². The van der Waals surface area contributed by atoms with Crippen LogP contribution in [-0.4, -0.2) is 6.11 Å². The lowest BCUT2D eigenvalue weighted by atomic mass is 10.1. The van der Waals surface area contributed by atoms with Gasteiger partial charge in [0.25, 0.3) is 0 Å². The van der Waals surface area contributed by atoms with E-state index in [-0.39, 0.29) is 11.4 Å². The number of benzene rings is 1. The van der Waals surface area contributed by atoms with Crippen molar-refractivity contribution >= 4 is 5.69 Å². The fraction of sp³-hybridized carbons (Fsp3) is 0.231. The SMILES string of the molecule is C=CN/C=C1\Nc2cc(C)c(C)cc2OC1(F)F. The first-order valence-electron chi connectivity index (χ1n) is 5.47. The van der Waals surface area contributed by atoms with Crippen molar-refractivity contribution in [1.82, 2.24) is 5.32 Å². The van der Waals surface area contributed by atoms with Crippen molar-refractivity contribution in [1.29, 1.82) is 0 Å². The van der Waals surface area contributed by atoms with E-state index in [1.807, 2.05) is 13.8 Å². The van der Waals surface area contributed by atoms with E-state index in [9.17, 15) is 8.78 Å². The zero-order valence-corrected chi connectivity index (χ0v) is 10.2. The van der Waals surface area contributed by atoms with Crippen LogP contribution in [0.25, 0.3) is 0 Å². The minimum Gasteiger partial charge on any atom is -0.426 e. The van der Waals surface area contributed by atoms with Crippen LogP contribution in [-0.2, 0) is 0 Å². The highest BCUT2D eigenvalue weighted by atomic mass is 19.3. The highest BCUT2D eigenvalue weighted by Crippen LogP contribution is 2.40. The zero-order valence-electron chi connectivity index (χ0n) is 10.2. The largest absolute Gasteiger partial charge is 0.443 e. The molecule has 0 saturated heterocycles. The van der Waals surface area contributed by atoms with Crippen molar-refractivity contribution in [3.8, 4) is 5.75 Å². The van der Waals surface area contributed by atoms with E-state index in [0.717, 1.165) is 17.3 Å². The van der Waals surface area contributed by atoms with Gasteiger partial charge in [0.15, 0.2) is 5.75 Å². The monoisotopic (exact) mass is 252 g/mol. The van der Waals surface area contributed by atoms with Crippen LogP contribution < -0.4 is 15.4 Å². The van der Waals surface area contributed by atoms with Crippen LogP contribution in [0.2, 0.25) is 0 Å². The van der Waals surface area contributed by atoms with Gasteiger partial charge in [-0.3, -0.25) is 0 Å². The second-order valence-corrected chi connectivity index (χ2v) is 4.11. The van der Waals surface area contributed by atoms with Crippen LogP contribution in [0.1, 0.15) is 11.1 Å². The Morgan fingerprint density at radius 3 is 2.67 bits per heavy atom. The third kappa shape index (κ3) is 2.16. The fourth-order valence-corrected chi connectivity index (χ4v) is 1.65. The van der Waals surface area contributed by atoms with Gasteiger partial charge < -0.3 is 15.4 Å². The maximum atomic E-state index is 13.7. The minimum atomic E-state index is -3.38. The van der Waals surface area contributed by atoms with Gasteiger partial charge in [-0.25, -0.2) is 0 Å². The number of aryl methyl sites for hydroxylation is 2. The summed E-state index contributed by atoms with van der Waals surface area (Å²) in [5, 5.41) is 5.18. The van der Waals surface area contributed by atoms with E-state index in [4.69, 9.17) is 4.74 Å². The van der Waals surface area contributed by atoms with E-state index < -0.39 is 6.11 Å².